The van der Waals surface area contributed by atoms with Crippen molar-refractivity contribution in [2.45, 2.75) is 20.0 Å². The number of nitro groups is 1. The Bertz CT molecular complexity index is 1300. The monoisotopic (exact) mass is 535 g/mol. The predicted molar refractivity (Wildman–Crippen MR) is 136 cm³/mol. The number of nitro benzene ring substituents is 1. The Labute approximate surface area is 211 Å². The third-order valence-corrected chi connectivity index (χ3v) is 5.80. The van der Waals surface area contributed by atoms with Gasteiger partial charge in [0.25, 0.3) is 11.6 Å². The lowest BCUT2D eigenvalue weighted by Crippen LogP contribution is -2.13. The fourth-order valence-electron chi connectivity index (χ4n) is 3.14. The molecule has 3 rings (SSSR count). The Morgan fingerprint density at radius 1 is 1.11 bits per heavy atom. The van der Waals surface area contributed by atoms with E-state index in [2.05, 4.69) is 21.2 Å². The molecule has 0 radical (unpaired) electrons. The van der Waals surface area contributed by atoms with Gasteiger partial charge in [0.1, 0.15) is 18.2 Å². The first-order valence-electron chi connectivity index (χ1n) is 10.6. The van der Waals surface area contributed by atoms with Crippen LogP contribution in [0.2, 0.25) is 0 Å². The molecule has 0 aromatic heterocycles. The number of anilines is 1. The Morgan fingerprint density at radius 3 is 2.34 bits per heavy atom. The number of hydrogen-bond acceptors (Lipinski definition) is 6. The summed E-state index contributed by atoms with van der Waals surface area (Å²) in [6.45, 7) is 2.21. The number of aryl methyl sites for hydroxylation is 1. The highest BCUT2D eigenvalue weighted by molar-refractivity contribution is 9.10. The molecule has 0 aliphatic rings. The molecular formula is C26H22BrN3O5. The number of benzene rings is 3. The zero-order valence-corrected chi connectivity index (χ0v) is 20.7. The number of halogens is 1. The molecule has 0 saturated carbocycles. The summed E-state index contributed by atoms with van der Waals surface area (Å²) in [6.07, 6.45) is 2.35. The van der Waals surface area contributed by atoms with E-state index in [1.165, 1.54) is 25.3 Å². The van der Waals surface area contributed by atoms with Gasteiger partial charge in [-0.1, -0.05) is 35.0 Å². The van der Waals surface area contributed by atoms with Crippen molar-refractivity contribution in [3.8, 4) is 17.6 Å². The topological polar surface area (TPSA) is 114 Å². The van der Waals surface area contributed by atoms with Crippen LogP contribution in [0.15, 0.2) is 70.7 Å². The Kier molecular flexibility index (Phi) is 8.59. The number of carbonyl (C=O) groups is 1. The molecule has 8 nitrogen and oxygen atoms in total. The number of methoxy groups -OCH3 is 1. The van der Waals surface area contributed by atoms with Gasteiger partial charge in [0.05, 0.1) is 12.0 Å². The van der Waals surface area contributed by atoms with Gasteiger partial charge in [-0.05, 0) is 65.6 Å². The maximum Gasteiger partial charge on any atom is 0.269 e. The van der Waals surface area contributed by atoms with Gasteiger partial charge < -0.3 is 14.8 Å². The average molecular weight is 536 g/mol. The molecule has 0 unspecified atom stereocenters. The first-order valence-corrected chi connectivity index (χ1v) is 11.4. The van der Waals surface area contributed by atoms with Gasteiger partial charge in [-0.25, -0.2) is 0 Å². The van der Waals surface area contributed by atoms with Crippen LogP contribution >= 0.6 is 15.9 Å². The standard InChI is InChI=1S/C26H22BrN3O5/c1-3-17-4-8-21(9-5-17)29-26(31)20(15-28)12-19-13-24(34-2)25(14-23(19)27)35-16-18-6-10-22(11-7-18)30(32)33/h4-14H,3,16H2,1-2H3,(H,29,31)/b20-12+. The number of nitrogens with one attached hydrogen (secondary N) is 1. The Hall–Kier alpha value is -4.16. The Morgan fingerprint density at radius 2 is 1.77 bits per heavy atom. The lowest BCUT2D eigenvalue weighted by atomic mass is 10.1. The molecule has 178 valence electrons. The first kappa shape index (κ1) is 25.5. The molecule has 1 amide bonds. The molecule has 9 heteroatoms. The molecule has 0 bridgehead atoms. The van der Waals surface area contributed by atoms with Gasteiger partial charge in [0.2, 0.25) is 0 Å². The van der Waals surface area contributed by atoms with Crippen LogP contribution in [0.25, 0.3) is 6.08 Å². The summed E-state index contributed by atoms with van der Waals surface area (Å²) in [5.41, 5.74) is 2.96. The van der Waals surface area contributed by atoms with Crippen molar-refractivity contribution in [2.24, 2.45) is 0 Å². The molecule has 0 spiro atoms. The van der Waals surface area contributed by atoms with Crippen molar-refractivity contribution >= 4 is 39.3 Å². The number of ether oxygens (including phenoxy) is 2. The molecule has 0 aliphatic heterocycles. The van der Waals surface area contributed by atoms with Crippen LogP contribution in [0.1, 0.15) is 23.6 Å². The van der Waals surface area contributed by atoms with Crippen LogP contribution in [-0.2, 0) is 17.8 Å². The molecule has 0 aliphatic carbocycles. The Balaban J connectivity index is 1.77. The van der Waals surface area contributed by atoms with Gasteiger partial charge in [-0.3, -0.25) is 14.9 Å². The van der Waals surface area contributed by atoms with Gasteiger partial charge in [0, 0.05) is 22.3 Å². The number of amides is 1. The maximum atomic E-state index is 12.6. The van der Waals surface area contributed by atoms with Crippen molar-refractivity contribution in [3.63, 3.8) is 0 Å². The summed E-state index contributed by atoms with van der Waals surface area (Å²) in [6, 6.07) is 18.7. The smallest absolute Gasteiger partial charge is 0.269 e. The van der Waals surface area contributed by atoms with Gasteiger partial charge in [0.15, 0.2) is 11.5 Å². The molecular weight excluding hydrogens is 514 g/mol. The van der Waals surface area contributed by atoms with Crippen molar-refractivity contribution < 1.29 is 19.2 Å². The van der Waals surface area contributed by atoms with E-state index >= 15 is 0 Å². The van der Waals surface area contributed by atoms with Crippen molar-refractivity contribution in [3.05, 3.63) is 97.5 Å². The fraction of sp³-hybridized carbons (Fsp3) is 0.154. The molecule has 1 N–H and O–H groups in total. The van der Waals surface area contributed by atoms with Crippen molar-refractivity contribution in [1.29, 1.82) is 5.26 Å². The summed E-state index contributed by atoms with van der Waals surface area (Å²) >= 11 is 3.46. The first-order chi connectivity index (χ1) is 16.8. The largest absolute Gasteiger partial charge is 0.493 e. The van der Waals surface area contributed by atoms with Crippen molar-refractivity contribution in [1.82, 2.24) is 0 Å². The SMILES string of the molecule is CCc1ccc(NC(=O)/C(C#N)=C/c2cc(OC)c(OCc3ccc([N+](=O)[O-])cc3)cc2Br)cc1. The number of rotatable bonds is 9. The van der Waals surface area contributed by atoms with E-state index in [9.17, 15) is 20.2 Å². The molecule has 3 aromatic carbocycles. The van der Waals surface area contributed by atoms with E-state index in [0.717, 1.165) is 17.5 Å². The van der Waals surface area contributed by atoms with E-state index in [0.29, 0.717) is 27.2 Å². The van der Waals surface area contributed by atoms with Crippen LogP contribution in [0.3, 0.4) is 0 Å². The lowest BCUT2D eigenvalue weighted by molar-refractivity contribution is -0.384. The van der Waals surface area contributed by atoms with E-state index in [-0.39, 0.29) is 17.9 Å². The van der Waals surface area contributed by atoms with Crippen LogP contribution < -0.4 is 14.8 Å². The minimum atomic E-state index is -0.527. The van der Waals surface area contributed by atoms with Crippen LogP contribution in [-0.4, -0.2) is 17.9 Å². The van der Waals surface area contributed by atoms with E-state index in [1.807, 2.05) is 25.1 Å². The molecule has 0 saturated heterocycles. The minimum Gasteiger partial charge on any atom is -0.493 e. The average Bonchev–Trinajstić information content (AvgIpc) is 2.87. The second kappa shape index (κ2) is 11.8. The summed E-state index contributed by atoms with van der Waals surface area (Å²) in [4.78, 5) is 23.0. The fourth-order valence-corrected chi connectivity index (χ4v) is 3.57. The lowest BCUT2D eigenvalue weighted by Gasteiger charge is -2.13. The maximum absolute atomic E-state index is 12.6. The van der Waals surface area contributed by atoms with E-state index < -0.39 is 10.8 Å². The number of non-ortho nitro benzene ring substituents is 1. The molecule has 35 heavy (non-hydrogen) atoms. The zero-order valence-electron chi connectivity index (χ0n) is 19.1. The second-order valence-corrected chi connectivity index (χ2v) is 8.27. The second-order valence-electron chi connectivity index (χ2n) is 7.41. The van der Waals surface area contributed by atoms with E-state index in [4.69, 9.17) is 9.47 Å². The summed E-state index contributed by atoms with van der Waals surface area (Å²) < 4.78 is 11.9. The van der Waals surface area contributed by atoms with Crippen LogP contribution in [0.5, 0.6) is 11.5 Å². The van der Waals surface area contributed by atoms with Crippen molar-refractivity contribution in [2.75, 3.05) is 12.4 Å². The molecule has 3 aromatic rings. The highest BCUT2D eigenvalue weighted by Gasteiger charge is 2.14. The molecule has 0 atom stereocenters. The summed E-state index contributed by atoms with van der Waals surface area (Å²) in [5.74, 6) is 0.296. The van der Waals surface area contributed by atoms with Crippen LogP contribution in [0.4, 0.5) is 11.4 Å². The van der Waals surface area contributed by atoms with Crippen LogP contribution in [0, 0.1) is 21.4 Å². The molecule has 0 fully saturated rings. The number of carbonyl (C=O) groups excluding carboxylic acids is 1. The predicted octanol–water partition coefficient (Wildman–Crippen LogP) is 6.05. The van der Waals surface area contributed by atoms with E-state index in [1.54, 1.807) is 36.4 Å². The normalized spacial score (nSPS) is 10.9. The minimum absolute atomic E-state index is 0.000484. The molecule has 0 heterocycles. The number of nitrogens with zero attached hydrogens (tertiary/aromatic N) is 2. The third kappa shape index (κ3) is 6.68. The zero-order chi connectivity index (χ0) is 25.4. The number of nitriles is 1. The highest BCUT2D eigenvalue weighted by atomic mass is 79.9. The van der Waals surface area contributed by atoms with Gasteiger partial charge in [-0.15, -0.1) is 0 Å². The third-order valence-electron chi connectivity index (χ3n) is 5.11. The van der Waals surface area contributed by atoms with Gasteiger partial charge in [-0.2, -0.15) is 5.26 Å². The number of hydrogen-bond donors (Lipinski definition) is 1. The quantitative estimate of drug-likeness (QED) is 0.154. The highest BCUT2D eigenvalue weighted by Crippen LogP contribution is 2.35. The summed E-state index contributed by atoms with van der Waals surface area (Å²) in [5, 5.41) is 23.1. The van der Waals surface area contributed by atoms with Gasteiger partial charge >= 0.3 is 0 Å². The summed E-state index contributed by atoms with van der Waals surface area (Å²) in [7, 11) is 1.48.